The van der Waals surface area contributed by atoms with Crippen molar-refractivity contribution in [1.82, 2.24) is 4.98 Å². The van der Waals surface area contributed by atoms with Gasteiger partial charge in [0.15, 0.2) is 5.76 Å². The molecule has 0 aliphatic rings. The predicted octanol–water partition coefficient (Wildman–Crippen LogP) is 6.88. The van der Waals surface area contributed by atoms with Crippen LogP contribution in [0.25, 0.3) is 0 Å². The molecular formula is C24H22BrN3O2S. The lowest BCUT2D eigenvalue weighted by Gasteiger charge is -2.22. The van der Waals surface area contributed by atoms with Gasteiger partial charge in [-0.3, -0.25) is 4.79 Å². The molecule has 1 atom stereocenters. The van der Waals surface area contributed by atoms with Crippen molar-refractivity contribution in [3.05, 3.63) is 98.4 Å². The Bertz CT molecular complexity index is 1220. The van der Waals surface area contributed by atoms with E-state index in [1.807, 2.05) is 37.3 Å². The maximum Gasteiger partial charge on any atom is 0.291 e. The summed E-state index contributed by atoms with van der Waals surface area (Å²) in [5.74, 6) is 0.785. The molecule has 0 radical (unpaired) electrons. The van der Waals surface area contributed by atoms with E-state index < -0.39 is 0 Å². The van der Waals surface area contributed by atoms with Crippen molar-refractivity contribution >= 4 is 44.0 Å². The third-order valence-corrected chi connectivity index (χ3v) is 6.69. The van der Waals surface area contributed by atoms with Gasteiger partial charge in [-0.1, -0.05) is 34.1 Å². The summed E-state index contributed by atoms with van der Waals surface area (Å²) in [7, 11) is 0. The van der Waals surface area contributed by atoms with Crippen LogP contribution in [0.1, 0.15) is 43.9 Å². The van der Waals surface area contributed by atoms with Crippen LogP contribution in [0, 0.1) is 20.8 Å². The number of carbonyl (C=O) groups is 1. The van der Waals surface area contributed by atoms with Crippen molar-refractivity contribution in [1.29, 1.82) is 0 Å². The Balaban J connectivity index is 1.79. The molecule has 0 unspecified atom stereocenters. The van der Waals surface area contributed by atoms with Gasteiger partial charge in [-0.25, -0.2) is 4.98 Å². The van der Waals surface area contributed by atoms with E-state index in [0.29, 0.717) is 0 Å². The van der Waals surface area contributed by atoms with Crippen LogP contribution < -0.4 is 10.6 Å². The fourth-order valence-electron chi connectivity index (χ4n) is 3.44. The van der Waals surface area contributed by atoms with Gasteiger partial charge in [-0.15, -0.1) is 11.3 Å². The number of anilines is 2. The summed E-state index contributed by atoms with van der Waals surface area (Å²) in [5, 5.41) is 7.43. The zero-order valence-electron chi connectivity index (χ0n) is 17.4. The van der Waals surface area contributed by atoms with Crippen LogP contribution in [-0.4, -0.2) is 10.9 Å². The first-order chi connectivity index (χ1) is 14.9. The van der Waals surface area contributed by atoms with Crippen LogP contribution in [-0.2, 0) is 0 Å². The molecule has 4 aromatic rings. The number of hydrogen-bond acceptors (Lipinski definition) is 5. The van der Waals surface area contributed by atoms with E-state index in [1.54, 1.807) is 23.5 Å². The first kappa shape index (κ1) is 21.3. The molecule has 3 aromatic heterocycles. The molecule has 1 aromatic carbocycles. The molecule has 0 fully saturated rings. The highest BCUT2D eigenvalue weighted by molar-refractivity contribution is 9.10. The standard InChI is InChI=1S/C24H22BrN3O2S/c1-14-7-4-11-20(26-14)27-22(17-8-5-9-18(25)13-17)21-15(2)16(3)31-24(21)28-23(29)19-10-6-12-30-19/h4-13,22H,1-3H3,(H,26,27)(H,28,29)/t22-/m0/s1. The molecule has 0 aliphatic carbocycles. The van der Waals surface area contributed by atoms with Crippen LogP contribution in [0.5, 0.6) is 0 Å². The largest absolute Gasteiger partial charge is 0.459 e. The Morgan fingerprint density at radius 3 is 2.61 bits per heavy atom. The molecule has 2 N–H and O–H groups in total. The molecule has 1 amide bonds. The average Bonchev–Trinajstić information content (AvgIpc) is 3.36. The van der Waals surface area contributed by atoms with E-state index in [2.05, 4.69) is 57.5 Å². The van der Waals surface area contributed by atoms with Gasteiger partial charge in [0.2, 0.25) is 0 Å². The number of halogens is 1. The van der Waals surface area contributed by atoms with Gasteiger partial charge >= 0.3 is 0 Å². The Morgan fingerprint density at radius 1 is 1.10 bits per heavy atom. The summed E-state index contributed by atoms with van der Waals surface area (Å²) >= 11 is 5.15. The number of amides is 1. The summed E-state index contributed by atoms with van der Waals surface area (Å²) in [5.41, 5.74) is 4.14. The number of carbonyl (C=O) groups excluding carboxylic acids is 1. The molecule has 3 heterocycles. The van der Waals surface area contributed by atoms with Gasteiger partial charge in [0.05, 0.1) is 12.3 Å². The molecule has 5 nitrogen and oxygen atoms in total. The van der Waals surface area contributed by atoms with Gasteiger partial charge in [0, 0.05) is 20.6 Å². The van der Waals surface area contributed by atoms with Crippen LogP contribution in [0.2, 0.25) is 0 Å². The molecular weight excluding hydrogens is 474 g/mol. The predicted molar refractivity (Wildman–Crippen MR) is 129 cm³/mol. The highest BCUT2D eigenvalue weighted by atomic mass is 79.9. The lowest BCUT2D eigenvalue weighted by Crippen LogP contribution is -2.18. The lowest BCUT2D eigenvalue weighted by molar-refractivity contribution is 0.0997. The van der Waals surface area contributed by atoms with Gasteiger partial charge in [-0.05, 0) is 68.3 Å². The van der Waals surface area contributed by atoms with Crippen molar-refractivity contribution < 1.29 is 9.21 Å². The molecule has 0 saturated heterocycles. The van der Waals surface area contributed by atoms with Crippen molar-refractivity contribution in [2.24, 2.45) is 0 Å². The Labute approximate surface area is 193 Å². The van der Waals surface area contributed by atoms with Crippen LogP contribution in [0.3, 0.4) is 0 Å². The normalized spacial score (nSPS) is 11.9. The van der Waals surface area contributed by atoms with Crippen LogP contribution in [0.15, 0.2) is 69.8 Å². The molecule has 31 heavy (non-hydrogen) atoms. The smallest absolute Gasteiger partial charge is 0.291 e. The lowest BCUT2D eigenvalue weighted by atomic mass is 9.96. The second kappa shape index (κ2) is 9.08. The maximum absolute atomic E-state index is 12.7. The summed E-state index contributed by atoms with van der Waals surface area (Å²) in [6.07, 6.45) is 1.50. The maximum atomic E-state index is 12.7. The number of thiophene rings is 1. The number of nitrogens with zero attached hydrogens (tertiary/aromatic N) is 1. The fourth-order valence-corrected chi connectivity index (χ4v) is 4.95. The van der Waals surface area contributed by atoms with Crippen molar-refractivity contribution in [2.45, 2.75) is 26.8 Å². The molecule has 0 saturated carbocycles. The molecule has 4 rings (SSSR count). The highest BCUT2D eigenvalue weighted by Crippen LogP contribution is 2.41. The van der Waals surface area contributed by atoms with Crippen molar-refractivity contribution in [3.63, 3.8) is 0 Å². The number of benzene rings is 1. The number of rotatable bonds is 6. The Kier molecular flexibility index (Phi) is 6.25. The van der Waals surface area contributed by atoms with E-state index >= 15 is 0 Å². The Hall–Kier alpha value is -2.90. The zero-order valence-corrected chi connectivity index (χ0v) is 19.8. The molecule has 158 valence electrons. The molecule has 0 spiro atoms. The number of aryl methyl sites for hydroxylation is 2. The van der Waals surface area contributed by atoms with Gasteiger partial charge < -0.3 is 15.1 Å². The Morgan fingerprint density at radius 2 is 1.90 bits per heavy atom. The van der Waals surface area contributed by atoms with E-state index in [9.17, 15) is 4.79 Å². The molecule has 0 aliphatic heterocycles. The quantitative estimate of drug-likeness (QED) is 0.306. The second-order valence-corrected chi connectivity index (χ2v) is 9.39. The van der Waals surface area contributed by atoms with Crippen molar-refractivity contribution in [2.75, 3.05) is 10.6 Å². The summed E-state index contributed by atoms with van der Waals surface area (Å²) in [6.45, 7) is 6.11. The number of hydrogen-bond donors (Lipinski definition) is 2. The topological polar surface area (TPSA) is 67.2 Å². The minimum absolute atomic E-state index is 0.205. The summed E-state index contributed by atoms with van der Waals surface area (Å²) in [6, 6.07) is 17.2. The van der Waals surface area contributed by atoms with Gasteiger partial charge in [0.1, 0.15) is 10.8 Å². The number of furan rings is 1. The van der Waals surface area contributed by atoms with E-state index in [1.165, 1.54) is 6.26 Å². The van der Waals surface area contributed by atoms with Gasteiger partial charge in [0.25, 0.3) is 5.91 Å². The average molecular weight is 496 g/mol. The zero-order chi connectivity index (χ0) is 22.0. The number of aromatic nitrogens is 1. The van der Waals surface area contributed by atoms with Gasteiger partial charge in [-0.2, -0.15) is 0 Å². The van der Waals surface area contributed by atoms with E-state index in [4.69, 9.17) is 4.42 Å². The minimum atomic E-state index is -0.269. The first-order valence-electron chi connectivity index (χ1n) is 9.83. The third kappa shape index (κ3) is 4.73. The third-order valence-electron chi connectivity index (χ3n) is 5.06. The molecule has 0 bridgehead atoms. The first-order valence-corrected chi connectivity index (χ1v) is 11.4. The van der Waals surface area contributed by atoms with E-state index in [0.717, 1.165) is 42.6 Å². The second-order valence-electron chi connectivity index (χ2n) is 7.25. The van der Waals surface area contributed by atoms with E-state index in [-0.39, 0.29) is 17.7 Å². The van der Waals surface area contributed by atoms with Crippen molar-refractivity contribution in [3.8, 4) is 0 Å². The number of pyridine rings is 1. The summed E-state index contributed by atoms with van der Waals surface area (Å²) < 4.78 is 6.26. The monoisotopic (exact) mass is 495 g/mol. The fraction of sp³-hybridized carbons (Fsp3) is 0.167. The van der Waals surface area contributed by atoms with Crippen LogP contribution >= 0.6 is 27.3 Å². The SMILES string of the molecule is Cc1cccc(N[C@@H](c2cccc(Br)c2)c2c(NC(=O)c3ccco3)sc(C)c2C)n1. The number of nitrogens with one attached hydrogen (secondary N) is 2. The summed E-state index contributed by atoms with van der Waals surface area (Å²) in [4.78, 5) is 18.5. The minimum Gasteiger partial charge on any atom is -0.459 e. The highest BCUT2D eigenvalue weighted by Gasteiger charge is 2.26. The molecule has 7 heteroatoms. The van der Waals surface area contributed by atoms with Crippen LogP contribution in [0.4, 0.5) is 10.8 Å².